The van der Waals surface area contributed by atoms with E-state index in [9.17, 15) is 9.36 Å². The number of carbonyl (C=O) groups is 1. The van der Waals surface area contributed by atoms with Crippen molar-refractivity contribution in [2.45, 2.75) is 39.5 Å². The van der Waals surface area contributed by atoms with Crippen molar-refractivity contribution in [3.63, 3.8) is 0 Å². The molecule has 0 aliphatic heterocycles. The van der Waals surface area contributed by atoms with Crippen molar-refractivity contribution >= 4 is 13.7 Å². The summed E-state index contributed by atoms with van der Waals surface area (Å²) in [5.41, 5.74) is -0.738. The molecular weight excluding hydrogens is 203 g/mol. The Morgan fingerprint density at radius 2 is 1.93 bits per heavy atom. The predicted octanol–water partition coefficient (Wildman–Crippen LogP) is 3.48. The van der Waals surface area contributed by atoms with Gasteiger partial charge in [0, 0.05) is 0 Å². The average molecular weight is 221 g/mol. The van der Waals surface area contributed by atoms with E-state index in [1.54, 1.807) is 6.92 Å². The minimum Gasteiger partial charge on any atom is -0.425 e. The van der Waals surface area contributed by atoms with Gasteiger partial charge in [-0.05, 0) is 17.9 Å². The van der Waals surface area contributed by atoms with Crippen LogP contribution in [0.3, 0.4) is 0 Å². The minimum atomic E-state index is -2.28. The fraction of sp³-hybridized carbons (Fsp3) is 0.889. The molecule has 0 aromatic rings. The molecule has 0 aliphatic rings. The standard InChI is InChI=1S/C9H18O4P/c1-3-5-6-7-8-12-9(10)14(11)13-4-2/h3-8H2,1-2H3/q+1. The van der Waals surface area contributed by atoms with Crippen molar-refractivity contribution in [3.8, 4) is 0 Å². The summed E-state index contributed by atoms with van der Waals surface area (Å²) in [7, 11) is -2.28. The molecule has 0 saturated heterocycles. The van der Waals surface area contributed by atoms with E-state index in [1.165, 1.54) is 0 Å². The van der Waals surface area contributed by atoms with Gasteiger partial charge >= 0.3 is 13.7 Å². The van der Waals surface area contributed by atoms with Gasteiger partial charge in [-0.3, -0.25) is 0 Å². The molecule has 14 heavy (non-hydrogen) atoms. The predicted molar refractivity (Wildman–Crippen MR) is 54.7 cm³/mol. The number of hydrogen-bond donors (Lipinski definition) is 0. The molecule has 1 atom stereocenters. The van der Waals surface area contributed by atoms with Gasteiger partial charge in [-0.2, -0.15) is 4.79 Å². The van der Waals surface area contributed by atoms with Gasteiger partial charge in [0.2, 0.25) is 0 Å². The van der Waals surface area contributed by atoms with Crippen LogP contribution in [0.25, 0.3) is 0 Å². The Balaban J connectivity index is 3.39. The number of ether oxygens (including phenoxy) is 1. The average Bonchev–Trinajstić information content (AvgIpc) is 2.17. The Morgan fingerprint density at radius 1 is 1.21 bits per heavy atom. The zero-order valence-electron chi connectivity index (χ0n) is 8.82. The molecule has 1 unspecified atom stereocenters. The number of unbranched alkanes of at least 4 members (excludes halogenated alkanes) is 3. The SMILES string of the molecule is CCCCCCOC(=O)[P+](=O)OCC. The Labute approximate surface area is 85.8 Å². The van der Waals surface area contributed by atoms with Gasteiger partial charge in [0.25, 0.3) is 0 Å². The molecule has 0 amide bonds. The third-order valence-corrected chi connectivity index (χ3v) is 2.54. The van der Waals surface area contributed by atoms with Crippen molar-refractivity contribution in [1.82, 2.24) is 0 Å². The highest BCUT2D eigenvalue weighted by molar-refractivity contribution is 7.58. The summed E-state index contributed by atoms with van der Waals surface area (Å²) in [4.78, 5) is 10.9. The molecule has 5 heteroatoms. The van der Waals surface area contributed by atoms with E-state index in [1.807, 2.05) is 0 Å². The zero-order chi connectivity index (χ0) is 10.8. The summed E-state index contributed by atoms with van der Waals surface area (Å²) in [5.74, 6) is 0. The Hall–Kier alpha value is -0.470. The molecule has 0 saturated carbocycles. The monoisotopic (exact) mass is 221 g/mol. The molecule has 0 aromatic heterocycles. The Bertz CT molecular complexity index is 182. The molecule has 0 heterocycles. The van der Waals surface area contributed by atoms with Crippen molar-refractivity contribution in [3.05, 3.63) is 0 Å². The second-order valence-corrected chi connectivity index (χ2v) is 3.99. The van der Waals surface area contributed by atoms with Crippen LogP contribution in [0.1, 0.15) is 39.5 Å². The highest BCUT2D eigenvalue weighted by atomic mass is 31.1. The first-order chi connectivity index (χ1) is 6.72. The quantitative estimate of drug-likeness (QED) is 0.465. The van der Waals surface area contributed by atoms with Crippen LogP contribution in [-0.4, -0.2) is 18.9 Å². The first-order valence-corrected chi connectivity index (χ1v) is 6.17. The third kappa shape index (κ3) is 6.98. The Morgan fingerprint density at radius 3 is 2.50 bits per heavy atom. The molecule has 0 spiro atoms. The first kappa shape index (κ1) is 13.5. The van der Waals surface area contributed by atoms with E-state index >= 15 is 0 Å². The first-order valence-electron chi connectivity index (χ1n) is 4.99. The summed E-state index contributed by atoms with van der Waals surface area (Å²) in [6.45, 7) is 4.40. The third-order valence-electron chi connectivity index (χ3n) is 1.62. The Kier molecular flexibility index (Phi) is 8.79. The van der Waals surface area contributed by atoms with Crippen molar-refractivity contribution in [2.24, 2.45) is 0 Å². The highest BCUT2D eigenvalue weighted by Gasteiger charge is 2.32. The molecule has 82 valence electrons. The van der Waals surface area contributed by atoms with Gasteiger partial charge in [0.15, 0.2) is 0 Å². The lowest BCUT2D eigenvalue weighted by atomic mass is 10.2. The summed E-state index contributed by atoms with van der Waals surface area (Å²) in [5, 5.41) is 0. The highest BCUT2D eigenvalue weighted by Crippen LogP contribution is 2.24. The van der Waals surface area contributed by atoms with E-state index < -0.39 is 13.7 Å². The smallest absolute Gasteiger partial charge is 0.425 e. The van der Waals surface area contributed by atoms with E-state index in [2.05, 4.69) is 11.4 Å². The topological polar surface area (TPSA) is 52.6 Å². The lowest BCUT2D eigenvalue weighted by Gasteiger charge is -1.97. The van der Waals surface area contributed by atoms with Gasteiger partial charge in [-0.1, -0.05) is 26.2 Å². The molecule has 4 nitrogen and oxygen atoms in total. The fourth-order valence-electron chi connectivity index (χ4n) is 0.911. The summed E-state index contributed by atoms with van der Waals surface area (Å²) >= 11 is 0. The van der Waals surface area contributed by atoms with Crippen molar-refractivity contribution in [1.29, 1.82) is 0 Å². The summed E-state index contributed by atoms with van der Waals surface area (Å²) < 4.78 is 20.3. The van der Waals surface area contributed by atoms with Crippen LogP contribution in [0, 0.1) is 0 Å². The maximum absolute atomic E-state index is 10.9. The maximum atomic E-state index is 10.9. The van der Waals surface area contributed by atoms with E-state index in [0.717, 1.165) is 25.7 Å². The second-order valence-electron chi connectivity index (χ2n) is 2.85. The normalized spacial score (nSPS) is 11.1. The van der Waals surface area contributed by atoms with Gasteiger partial charge < -0.3 is 4.74 Å². The molecule has 0 aliphatic carbocycles. The molecule has 0 fully saturated rings. The van der Waals surface area contributed by atoms with Gasteiger partial charge in [0.1, 0.15) is 6.61 Å². The summed E-state index contributed by atoms with van der Waals surface area (Å²) in [6.07, 6.45) is 4.14. The maximum Gasteiger partial charge on any atom is 0.636 e. The van der Waals surface area contributed by atoms with Crippen LogP contribution < -0.4 is 0 Å². The van der Waals surface area contributed by atoms with Crippen LogP contribution in [-0.2, 0) is 13.8 Å². The van der Waals surface area contributed by atoms with Crippen LogP contribution in [0.5, 0.6) is 0 Å². The van der Waals surface area contributed by atoms with E-state index in [-0.39, 0.29) is 6.61 Å². The lowest BCUT2D eigenvalue weighted by molar-refractivity contribution is 0.165. The van der Waals surface area contributed by atoms with Crippen LogP contribution in [0.15, 0.2) is 0 Å². The molecule has 0 rings (SSSR count). The molecule has 0 N–H and O–H groups in total. The van der Waals surface area contributed by atoms with E-state index in [0.29, 0.717) is 6.61 Å². The number of hydrogen-bond acceptors (Lipinski definition) is 4. The van der Waals surface area contributed by atoms with Gasteiger partial charge in [-0.25, -0.2) is 0 Å². The van der Waals surface area contributed by atoms with Gasteiger partial charge in [0.05, 0.1) is 6.61 Å². The van der Waals surface area contributed by atoms with Crippen LogP contribution in [0.4, 0.5) is 4.79 Å². The minimum absolute atomic E-state index is 0.264. The molecule has 0 bridgehead atoms. The fourth-order valence-corrected chi connectivity index (χ4v) is 1.45. The molecular formula is C9H18O4P+. The molecule has 0 radical (unpaired) electrons. The van der Waals surface area contributed by atoms with Crippen molar-refractivity contribution in [2.75, 3.05) is 13.2 Å². The van der Waals surface area contributed by atoms with Gasteiger partial charge in [-0.15, -0.1) is 4.52 Å². The van der Waals surface area contributed by atoms with Crippen LogP contribution >= 0.6 is 8.03 Å². The number of carbonyl (C=O) groups excluding carboxylic acids is 1. The number of rotatable bonds is 8. The van der Waals surface area contributed by atoms with Crippen LogP contribution in [0.2, 0.25) is 0 Å². The summed E-state index contributed by atoms with van der Waals surface area (Å²) in [6, 6.07) is 0. The zero-order valence-corrected chi connectivity index (χ0v) is 9.72. The second kappa shape index (κ2) is 9.10. The van der Waals surface area contributed by atoms with Crippen molar-refractivity contribution < 1.29 is 18.6 Å². The largest absolute Gasteiger partial charge is 0.636 e. The lowest BCUT2D eigenvalue weighted by Crippen LogP contribution is -2.00. The molecule has 0 aromatic carbocycles. The van der Waals surface area contributed by atoms with E-state index in [4.69, 9.17) is 4.74 Å².